The highest BCUT2D eigenvalue weighted by atomic mass is 16.3. The van der Waals surface area contributed by atoms with Crippen LogP contribution in [-0.4, -0.2) is 0 Å². The molecule has 0 N–H and O–H groups in total. The van der Waals surface area contributed by atoms with Gasteiger partial charge >= 0.3 is 0 Å². The number of furan rings is 1. The molecule has 0 bridgehead atoms. The fraction of sp³-hybridized carbons (Fsp3) is 0.200. The second-order valence-corrected chi connectivity index (χ2v) is 4.77. The summed E-state index contributed by atoms with van der Waals surface area (Å²) in [5.74, 6) is 0.987. The van der Waals surface area contributed by atoms with Crippen molar-refractivity contribution in [2.75, 3.05) is 0 Å². The average Bonchev–Trinajstić information content (AvgIpc) is 2.73. The summed E-state index contributed by atoms with van der Waals surface area (Å²) in [6, 6.07) is 8.21. The lowest BCUT2D eigenvalue weighted by atomic mass is 9.81. The molecule has 0 unspecified atom stereocenters. The Labute approximate surface area is 95.1 Å². The summed E-state index contributed by atoms with van der Waals surface area (Å²) in [5.41, 5.74) is 3.49. The second-order valence-electron chi connectivity index (χ2n) is 4.77. The zero-order valence-electron chi connectivity index (χ0n) is 9.58. The van der Waals surface area contributed by atoms with Gasteiger partial charge in [-0.25, -0.2) is 0 Å². The number of hydrogen-bond acceptors (Lipinski definition) is 1. The van der Waals surface area contributed by atoms with Gasteiger partial charge < -0.3 is 4.42 Å². The van der Waals surface area contributed by atoms with Crippen LogP contribution in [0.15, 0.2) is 46.9 Å². The standard InChI is InChI=1S/C15H14O/c1-4-10-9-13-14(15(10,2)3)11-7-5-6-8-12(11)16-13/h4-9H,1H2,2-3H3. The molecule has 1 heterocycles. The van der Waals surface area contributed by atoms with Gasteiger partial charge in [0.05, 0.1) is 0 Å². The molecule has 0 radical (unpaired) electrons. The van der Waals surface area contributed by atoms with Crippen LogP contribution in [0.25, 0.3) is 17.0 Å². The summed E-state index contributed by atoms with van der Waals surface area (Å²) in [5, 5.41) is 1.22. The molecule has 0 spiro atoms. The molecular formula is C15H14O. The van der Waals surface area contributed by atoms with E-state index < -0.39 is 0 Å². The molecule has 0 saturated heterocycles. The van der Waals surface area contributed by atoms with Crippen molar-refractivity contribution in [2.45, 2.75) is 19.3 Å². The van der Waals surface area contributed by atoms with Gasteiger partial charge in [0.2, 0.25) is 0 Å². The molecule has 1 heteroatoms. The molecule has 80 valence electrons. The third-order valence-corrected chi connectivity index (χ3v) is 3.48. The normalized spacial score (nSPS) is 17.2. The van der Waals surface area contributed by atoms with Gasteiger partial charge in [-0.05, 0) is 17.7 Å². The van der Waals surface area contributed by atoms with E-state index in [0.717, 1.165) is 11.3 Å². The van der Waals surface area contributed by atoms with Gasteiger partial charge in [0.1, 0.15) is 11.3 Å². The summed E-state index contributed by atoms with van der Waals surface area (Å²) in [7, 11) is 0. The molecule has 1 aliphatic carbocycles. The van der Waals surface area contributed by atoms with E-state index in [9.17, 15) is 0 Å². The van der Waals surface area contributed by atoms with Crippen LogP contribution >= 0.6 is 0 Å². The van der Waals surface area contributed by atoms with E-state index in [1.165, 1.54) is 16.5 Å². The van der Waals surface area contributed by atoms with E-state index in [2.05, 4.69) is 38.6 Å². The van der Waals surface area contributed by atoms with Crippen molar-refractivity contribution in [3.63, 3.8) is 0 Å². The molecule has 1 aliphatic rings. The molecule has 1 aromatic carbocycles. The third kappa shape index (κ3) is 1.00. The SMILES string of the molecule is C=CC1=Cc2oc3ccccc3c2C1(C)C. The molecule has 1 nitrogen and oxygen atoms in total. The fourth-order valence-electron chi connectivity index (χ4n) is 2.59. The molecule has 16 heavy (non-hydrogen) atoms. The van der Waals surface area contributed by atoms with E-state index in [0.29, 0.717) is 0 Å². The molecule has 0 aliphatic heterocycles. The van der Waals surface area contributed by atoms with Crippen LogP contribution < -0.4 is 0 Å². The van der Waals surface area contributed by atoms with E-state index in [1.807, 2.05) is 18.2 Å². The van der Waals surface area contributed by atoms with Gasteiger partial charge in [-0.3, -0.25) is 0 Å². The minimum Gasteiger partial charge on any atom is -0.456 e. The molecule has 0 saturated carbocycles. The maximum Gasteiger partial charge on any atom is 0.135 e. The lowest BCUT2D eigenvalue weighted by molar-refractivity contribution is 0.587. The Hall–Kier alpha value is -1.76. The summed E-state index contributed by atoms with van der Waals surface area (Å²) in [6.07, 6.45) is 4.02. The van der Waals surface area contributed by atoms with E-state index in [4.69, 9.17) is 4.42 Å². The lowest BCUT2D eigenvalue weighted by Crippen LogP contribution is -2.15. The fourth-order valence-corrected chi connectivity index (χ4v) is 2.59. The minimum absolute atomic E-state index is 0.00366. The topological polar surface area (TPSA) is 13.1 Å². The van der Waals surface area contributed by atoms with E-state index in [-0.39, 0.29) is 5.41 Å². The van der Waals surface area contributed by atoms with Crippen molar-refractivity contribution >= 4 is 17.0 Å². The Morgan fingerprint density at radius 2 is 2.00 bits per heavy atom. The van der Waals surface area contributed by atoms with Crippen molar-refractivity contribution in [2.24, 2.45) is 0 Å². The third-order valence-electron chi connectivity index (χ3n) is 3.48. The van der Waals surface area contributed by atoms with E-state index >= 15 is 0 Å². The smallest absolute Gasteiger partial charge is 0.135 e. The number of rotatable bonds is 1. The van der Waals surface area contributed by atoms with Crippen LogP contribution in [0.5, 0.6) is 0 Å². The van der Waals surface area contributed by atoms with Crippen LogP contribution in [0.2, 0.25) is 0 Å². The zero-order valence-corrected chi connectivity index (χ0v) is 9.58. The highest BCUT2D eigenvalue weighted by Crippen LogP contribution is 2.46. The monoisotopic (exact) mass is 210 g/mol. The van der Waals surface area contributed by atoms with Crippen LogP contribution in [0.1, 0.15) is 25.2 Å². The molecule has 0 atom stereocenters. The van der Waals surface area contributed by atoms with Gasteiger partial charge in [-0.1, -0.05) is 44.7 Å². The first kappa shape index (κ1) is 9.46. The zero-order chi connectivity index (χ0) is 11.3. The maximum atomic E-state index is 5.85. The average molecular weight is 210 g/mol. The first-order valence-corrected chi connectivity index (χ1v) is 5.51. The van der Waals surface area contributed by atoms with Crippen molar-refractivity contribution in [1.82, 2.24) is 0 Å². The largest absolute Gasteiger partial charge is 0.456 e. The van der Waals surface area contributed by atoms with Gasteiger partial charge in [-0.2, -0.15) is 0 Å². The first-order valence-electron chi connectivity index (χ1n) is 5.51. The Balaban J connectivity index is 2.39. The lowest BCUT2D eigenvalue weighted by Gasteiger charge is -2.21. The maximum absolute atomic E-state index is 5.85. The van der Waals surface area contributed by atoms with Crippen LogP contribution in [-0.2, 0) is 5.41 Å². The van der Waals surface area contributed by atoms with Crippen molar-refractivity contribution in [1.29, 1.82) is 0 Å². The van der Waals surface area contributed by atoms with Crippen molar-refractivity contribution in [3.8, 4) is 0 Å². The summed E-state index contributed by atoms with van der Waals surface area (Å²) in [4.78, 5) is 0. The van der Waals surface area contributed by atoms with Crippen molar-refractivity contribution in [3.05, 3.63) is 53.8 Å². The van der Waals surface area contributed by atoms with Crippen LogP contribution in [0.3, 0.4) is 0 Å². The van der Waals surface area contributed by atoms with Crippen molar-refractivity contribution < 1.29 is 4.42 Å². The number of fused-ring (bicyclic) bond motifs is 3. The minimum atomic E-state index is 0.00366. The predicted octanol–water partition coefficient (Wildman–Crippen LogP) is 4.29. The van der Waals surface area contributed by atoms with Gasteiger partial charge in [-0.15, -0.1) is 0 Å². The van der Waals surface area contributed by atoms with Crippen LogP contribution in [0, 0.1) is 0 Å². The molecule has 0 fully saturated rings. The Morgan fingerprint density at radius 3 is 2.75 bits per heavy atom. The van der Waals surface area contributed by atoms with E-state index in [1.54, 1.807) is 0 Å². The first-order chi connectivity index (χ1) is 7.64. The molecular weight excluding hydrogens is 196 g/mol. The molecule has 3 rings (SSSR count). The van der Waals surface area contributed by atoms with Gasteiger partial charge in [0.25, 0.3) is 0 Å². The van der Waals surface area contributed by atoms with Gasteiger partial charge in [0.15, 0.2) is 0 Å². The number of benzene rings is 1. The summed E-state index contributed by atoms with van der Waals surface area (Å²) < 4.78 is 5.85. The quantitative estimate of drug-likeness (QED) is 0.684. The molecule has 2 aromatic rings. The molecule has 0 amide bonds. The Kier molecular flexibility index (Phi) is 1.70. The predicted molar refractivity (Wildman–Crippen MR) is 67.4 cm³/mol. The number of para-hydroxylation sites is 1. The second kappa shape index (κ2) is 2.88. The Morgan fingerprint density at radius 1 is 1.25 bits per heavy atom. The highest BCUT2D eigenvalue weighted by Gasteiger charge is 2.35. The van der Waals surface area contributed by atoms with Crippen LogP contribution in [0.4, 0.5) is 0 Å². The number of hydrogen-bond donors (Lipinski definition) is 0. The number of allylic oxidation sites excluding steroid dienone is 2. The Bertz CT molecular complexity index is 611. The summed E-state index contributed by atoms with van der Waals surface area (Å²) >= 11 is 0. The summed E-state index contributed by atoms with van der Waals surface area (Å²) in [6.45, 7) is 8.30. The molecule has 1 aromatic heterocycles. The van der Waals surface area contributed by atoms with Gasteiger partial charge in [0, 0.05) is 16.4 Å². The highest BCUT2D eigenvalue weighted by molar-refractivity contribution is 5.90.